The van der Waals surface area contributed by atoms with Crippen LogP contribution in [0, 0.1) is 0 Å². The fraction of sp³-hybridized carbons (Fsp3) is 0.333. The zero-order chi connectivity index (χ0) is 21.5. The van der Waals surface area contributed by atoms with Crippen LogP contribution in [-0.4, -0.2) is 36.0 Å². The van der Waals surface area contributed by atoms with E-state index >= 15 is 0 Å². The van der Waals surface area contributed by atoms with Crippen molar-refractivity contribution in [3.05, 3.63) is 95.3 Å². The fourth-order valence-electron chi connectivity index (χ4n) is 4.29. The highest BCUT2D eigenvalue weighted by atomic mass is 16.5. The molecule has 2 heterocycles. The van der Waals surface area contributed by atoms with Crippen molar-refractivity contribution in [3.8, 4) is 5.75 Å². The molecule has 1 aliphatic rings. The van der Waals surface area contributed by atoms with E-state index in [4.69, 9.17) is 9.72 Å². The van der Waals surface area contributed by atoms with Gasteiger partial charge in [-0.3, -0.25) is 9.78 Å². The molecule has 0 atom stereocenters. The normalized spacial score (nSPS) is 14.4. The van der Waals surface area contributed by atoms with E-state index in [1.54, 1.807) is 7.11 Å². The van der Waals surface area contributed by atoms with Crippen LogP contribution in [0.4, 0.5) is 0 Å². The molecule has 1 aromatic heterocycles. The predicted molar refractivity (Wildman–Crippen MR) is 123 cm³/mol. The number of ether oxygens (including phenoxy) is 1. The molecule has 0 saturated carbocycles. The van der Waals surface area contributed by atoms with Crippen LogP contribution in [0.25, 0.3) is 0 Å². The fourth-order valence-corrected chi connectivity index (χ4v) is 4.29. The standard InChI is InChI=1S/C27H30N2O2/c1-31-25-11-5-9-22(20-25)19-24-10-6-12-26(28-24)23-15-17-29(18-16-23)27(30)14-13-21-7-3-2-4-8-21/h2-12,20,23H,13-19H2,1H3. The third-order valence-corrected chi connectivity index (χ3v) is 6.08. The Labute approximate surface area is 184 Å². The molecule has 0 radical (unpaired) electrons. The second kappa shape index (κ2) is 10.3. The van der Waals surface area contributed by atoms with Gasteiger partial charge in [-0.2, -0.15) is 0 Å². The summed E-state index contributed by atoms with van der Waals surface area (Å²) in [6.07, 6.45) is 4.15. The van der Waals surface area contributed by atoms with Crippen molar-refractivity contribution >= 4 is 5.91 Å². The smallest absolute Gasteiger partial charge is 0.222 e. The lowest BCUT2D eigenvalue weighted by Crippen LogP contribution is -2.38. The molecule has 1 amide bonds. The van der Waals surface area contributed by atoms with E-state index in [2.05, 4.69) is 42.5 Å². The lowest BCUT2D eigenvalue weighted by Gasteiger charge is -2.32. The van der Waals surface area contributed by atoms with E-state index in [1.165, 1.54) is 11.1 Å². The Balaban J connectivity index is 1.31. The lowest BCUT2D eigenvalue weighted by molar-refractivity contribution is -0.132. The van der Waals surface area contributed by atoms with Gasteiger partial charge in [0.25, 0.3) is 0 Å². The third-order valence-electron chi connectivity index (χ3n) is 6.08. The van der Waals surface area contributed by atoms with Crippen LogP contribution < -0.4 is 4.74 Å². The lowest BCUT2D eigenvalue weighted by atomic mass is 9.92. The summed E-state index contributed by atoms with van der Waals surface area (Å²) in [5.41, 5.74) is 4.65. The first kappa shape index (κ1) is 21.1. The quantitative estimate of drug-likeness (QED) is 0.545. The molecular formula is C27H30N2O2. The van der Waals surface area contributed by atoms with Crippen LogP contribution in [0.2, 0.25) is 0 Å². The van der Waals surface area contributed by atoms with Crippen LogP contribution >= 0.6 is 0 Å². The highest BCUT2D eigenvalue weighted by Gasteiger charge is 2.24. The number of piperidine rings is 1. The minimum Gasteiger partial charge on any atom is -0.497 e. The monoisotopic (exact) mass is 414 g/mol. The summed E-state index contributed by atoms with van der Waals surface area (Å²) in [6.45, 7) is 1.64. The summed E-state index contributed by atoms with van der Waals surface area (Å²) in [5.74, 6) is 1.56. The van der Waals surface area contributed by atoms with Crippen LogP contribution in [0.15, 0.2) is 72.8 Å². The van der Waals surface area contributed by atoms with Gasteiger partial charge in [-0.15, -0.1) is 0 Å². The number of carbonyl (C=O) groups excluding carboxylic acids is 1. The van der Waals surface area contributed by atoms with Gasteiger partial charge in [-0.1, -0.05) is 48.5 Å². The summed E-state index contributed by atoms with van der Waals surface area (Å²) < 4.78 is 5.33. The molecule has 2 aromatic carbocycles. The van der Waals surface area contributed by atoms with E-state index in [9.17, 15) is 4.79 Å². The van der Waals surface area contributed by atoms with E-state index in [1.807, 2.05) is 35.2 Å². The number of rotatable bonds is 7. The first-order valence-electron chi connectivity index (χ1n) is 11.1. The largest absolute Gasteiger partial charge is 0.497 e. The Morgan fingerprint density at radius 1 is 0.968 bits per heavy atom. The Hall–Kier alpha value is -3.14. The van der Waals surface area contributed by atoms with Gasteiger partial charge in [0, 0.05) is 43.2 Å². The summed E-state index contributed by atoms with van der Waals surface area (Å²) >= 11 is 0. The first-order valence-corrected chi connectivity index (χ1v) is 11.1. The zero-order valence-electron chi connectivity index (χ0n) is 18.2. The van der Waals surface area contributed by atoms with Crippen molar-refractivity contribution in [2.24, 2.45) is 0 Å². The molecule has 160 valence electrons. The van der Waals surface area contributed by atoms with Gasteiger partial charge in [-0.25, -0.2) is 0 Å². The molecule has 4 rings (SSSR count). The zero-order valence-corrected chi connectivity index (χ0v) is 18.2. The van der Waals surface area contributed by atoms with E-state index in [0.717, 1.165) is 55.9 Å². The summed E-state index contributed by atoms with van der Waals surface area (Å²) in [5, 5.41) is 0. The maximum atomic E-state index is 12.6. The molecular weight excluding hydrogens is 384 g/mol. The van der Waals surface area contributed by atoms with E-state index in [-0.39, 0.29) is 5.91 Å². The van der Waals surface area contributed by atoms with Gasteiger partial charge in [0.05, 0.1) is 7.11 Å². The number of amides is 1. The summed E-state index contributed by atoms with van der Waals surface area (Å²) in [6, 6.07) is 24.7. The van der Waals surface area contributed by atoms with Gasteiger partial charge in [0.2, 0.25) is 5.91 Å². The molecule has 1 fully saturated rings. The van der Waals surface area contributed by atoms with Crippen LogP contribution in [-0.2, 0) is 17.6 Å². The van der Waals surface area contributed by atoms with E-state index in [0.29, 0.717) is 12.3 Å². The third kappa shape index (κ3) is 5.72. The van der Waals surface area contributed by atoms with Crippen LogP contribution in [0.5, 0.6) is 5.75 Å². The van der Waals surface area contributed by atoms with Crippen LogP contribution in [0.3, 0.4) is 0 Å². The maximum Gasteiger partial charge on any atom is 0.222 e. The van der Waals surface area contributed by atoms with Crippen molar-refractivity contribution in [3.63, 3.8) is 0 Å². The molecule has 0 bridgehead atoms. The molecule has 3 aromatic rings. The topological polar surface area (TPSA) is 42.4 Å². The number of nitrogens with zero attached hydrogens (tertiary/aromatic N) is 2. The molecule has 0 aliphatic carbocycles. The van der Waals surface area contributed by atoms with Gasteiger partial charge < -0.3 is 9.64 Å². The van der Waals surface area contributed by atoms with Gasteiger partial charge in [0.1, 0.15) is 5.75 Å². The second-order valence-electron chi connectivity index (χ2n) is 8.22. The molecule has 0 N–H and O–H groups in total. The van der Waals surface area contributed by atoms with Crippen molar-refractivity contribution in [1.29, 1.82) is 0 Å². The summed E-state index contributed by atoms with van der Waals surface area (Å²) in [4.78, 5) is 19.6. The van der Waals surface area contributed by atoms with Gasteiger partial charge in [0.15, 0.2) is 0 Å². The highest BCUT2D eigenvalue weighted by molar-refractivity contribution is 5.76. The minimum absolute atomic E-state index is 0.266. The molecule has 0 unspecified atom stereocenters. The number of pyridine rings is 1. The number of benzene rings is 2. The average molecular weight is 415 g/mol. The minimum atomic E-state index is 0.266. The van der Waals surface area contributed by atoms with Crippen molar-refractivity contribution in [1.82, 2.24) is 9.88 Å². The van der Waals surface area contributed by atoms with Gasteiger partial charge in [-0.05, 0) is 54.7 Å². The van der Waals surface area contributed by atoms with Crippen molar-refractivity contribution in [2.45, 2.75) is 38.0 Å². The SMILES string of the molecule is COc1cccc(Cc2cccc(C3CCN(C(=O)CCc4ccccc4)CC3)n2)c1. The second-order valence-corrected chi connectivity index (χ2v) is 8.22. The number of hydrogen-bond acceptors (Lipinski definition) is 3. The summed E-state index contributed by atoms with van der Waals surface area (Å²) in [7, 11) is 1.69. The van der Waals surface area contributed by atoms with Gasteiger partial charge >= 0.3 is 0 Å². The number of likely N-dealkylation sites (tertiary alicyclic amines) is 1. The first-order chi connectivity index (χ1) is 15.2. The van der Waals surface area contributed by atoms with Crippen LogP contribution in [0.1, 0.15) is 47.7 Å². The van der Waals surface area contributed by atoms with E-state index < -0.39 is 0 Å². The Kier molecular flexibility index (Phi) is 6.98. The Bertz CT molecular complexity index is 995. The maximum absolute atomic E-state index is 12.6. The number of hydrogen-bond donors (Lipinski definition) is 0. The molecule has 1 saturated heterocycles. The number of carbonyl (C=O) groups is 1. The Morgan fingerprint density at radius 2 is 1.71 bits per heavy atom. The predicted octanol–water partition coefficient (Wildman–Crippen LogP) is 5.02. The highest BCUT2D eigenvalue weighted by Crippen LogP contribution is 2.27. The molecule has 0 spiro atoms. The van der Waals surface area contributed by atoms with Crippen molar-refractivity contribution < 1.29 is 9.53 Å². The number of methoxy groups -OCH3 is 1. The number of aryl methyl sites for hydroxylation is 1. The molecule has 31 heavy (non-hydrogen) atoms. The molecule has 1 aliphatic heterocycles. The molecule has 4 heteroatoms. The Morgan fingerprint density at radius 3 is 2.48 bits per heavy atom. The average Bonchev–Trinajstić information content (AvgIpc) is 2.83. The van der Waals surface area contributed by atoms with Crippen molar-refractivity contribution in [2.75, 3.05) is 20.2 Å². The number of aromatic nitrogens is 1. The molecule has 4 nitrogen and oxygen atoms in total.